The molecule has 0 aliphatic carbocycles. The molecular weight excluding hydrogens is 362 g/mol. The van der Waals surface area contributed by atoms with E-state index >= 15 is 0 Å². The molecule has 1 aliphatic rings. The van der Waals surface area contributed by atoms with Crippen LogP contribution in [-0.2, 0) is 6.54 Å². The number of hydrogen-bond acceptors (Lipinski definition) is 4. The summed E-state index contributed by atoms with van der Waals surface area (Å²) in [4.78, 5) is 21.5. The van der Waals surface area contributed by atoms with E-state index in [1.54, 1.807) is 24.3 Å². The molecule has 0 unspecified atom stereocenters. The van der Waals surface area contributed by atoms with Crippen LogP contribution in [0.3, 0.4) is 0 Å². The van der Waals surface area contributed by atoms with Gasteiger partial charge in [0, 0.05) is 62.8 Å². The van der Waals surface area contributed by atoms with Crippen LogP contribution in [0.2, 0.25) is 0 Å². The summed E-state index contributed by atoms with van der Waals surface area (Å²) in [5.74, 6) is 0.986. The minimum absolute atomic E-state index is 0.00252. The van der Waals surface area contributed by atoms with Crippen LogP contribution < -0.4 is 0 Å². The SMILES string of the molecule is N#Cc1cccc(C(=O)N2CCN(CCn3ccnc3-c3ccccc3)CC2)c1. The number of amides is 1. The normalized spacial score (nSPS) is 14.5. The summed E-state index contributed by atoms with van der Waals surface area (Å²) in [6, 6.07) is 19.2. The van der Waals surface area contributed by atoms with E-state index < -0.39 is 0 Å². The zero-order valence-corrected chi connectivity index (χ0v) is 16.2. The lowest BCUT2D eigenvalue weighted by Crippen LogP contribution is -2.49. The zero-order valence-electron chi connectivity index (χ0n) is 16.2. The number of rotatable bonds is 5. The van der Waals surface area contributed by atoms with Crippen molar-refractivity contribution >= 4 is 5.91 Å². The lowest BCUT2D eigenvalue weighted by molar-refractivity contribution is 0.0633. The van der Waals surface area contributed by atoms with Crippen LogP contribution in [0, 0.1) is 11.3 Å². The second-order valence-electron chi connectivity index (χ2n) is 7.14. The van der Waals surface area contributed by atoms with E-state index in [4.69, 9.17) is 5.26 Å². The summed E-state index contributed by atoms with van der Waals surface area (Å²) in [6.45, 7) is 4.87. The third-order valence-corrected chi connectivity index (χ3v) is 5.30. The summed E-state index contributed by atoms with van der Waals surface area (Å²) >= 11 is 0. The fourth-order valence-corrected chi connectivity index (χ4v) is 3.67. The Morgan fingerprint density at radius 1 is 1.00 bits per heavy atom. The molecule has 1 aromatic heterocycles. The molecule has 0 saturated carbocycles. The monoisotopic (exact) mass is 385 g/mol. The quantitative estimate of drug-likeness (QED) is 0.677. The molecule has 3 aromatic rings. The van der Waals surface area contributed by atoms with E-state index in [2.05, 4.69) is 32.7 Å². The van der Waals surface area contributed by atoms with Gasteiger partial charge in [-0.2, -0.15) is 5.26 Å². The molecule has 1 fully saturated rings. The van der Waals surface area contributed by atoms with Crippen LogP contribution >= 0.6 is 0 Å². The van der Waals surface area contributed by atoms with Crippen LogP contribution in [0.1, 0.15) is 15.9 Å². The molecule has 2 heterocycles. The van der Waals surface area contributed by atoms with E-state index in [0.717, 1.165) is 37.6 Å². The number of piperazine rings is 1. The molecule has 4 rings (SSSR count). The Labute approximate surface area is 170 Å². The van der Waals surface area contributed by atoms with E-state index in [9.17, 15) is 4.79 Å². The largest absolute Gasteiger partial charge is 0.336 e. The highest BCUT2D eigenvalue weighted by Gasteiger charge is 2.22. The van der Waals surface area contributed by atoms with Gasteiger partial charge in [-0.1, -0.05) is 36.4 Å². The van der Waals surface area contributed by atoms with Crippen molar-refractivity contribution in [2.75, 3.05) is 32.7 Å². The molecule has 1 aliphatic heterocycles. The molecule has 0 bridgehead atoms. The highest BCUT2D eigenvalue weighted by atomic mass is 16.2. The van der Waals surface area contributed by atoms with Crippen molar-refractivity contribution in [3.8, 4) is 17.5 Å². The van der Waals surface area contributed by atoms with Crippen molar-refractivity contribution in [3.63, 3.8) is 0 Å². The predicted molar refractivity (Wildman–Crippen MR) is 111 cm³/mol. The molecule has 29 heavy (non-hydrogen) atoms. The van der Waals surface area contributed by atoms with Gasteiger partial charge in [0.05, 0.1) is 11.6 Å². The zero-order chi connectivity index (χ0) is 20.1. The summed E-state index contributed by atoms with van der Waals surface area (Å²) < 4.78 is 2.18. The number of imidazole rings is 1. The Kier molecular flexibility index (Phi) is 5.68. The Morgan fingerprint density at radius 3 is 2.55 bits per heavy atom. The number of nitrogens with zero attached hydrogens (tertiary/aromatic N) is 5. The molecule has 2 aromatic carbocycles. The van der Waals surface area contributed by atoms with E-state index in [1.165, 1.54) is 0 Å². The third-order valence-electron chi connectivity index (χ3n) is 5.30. The van der Waals surface area contributed by atoms with Gasteiger partial charge in [0.1, 0.15) is 5.82 Å². The van der Waals surface area contributed by atoms with Crippen molar-refractivity contribution in [1.29, 1.82) is 5.26 Å². The molecule has 0 N–H and O–H groups in total. The van der Waals surface area contributed by atoms with Gasteiger partial charge in [-0.15, -0.1) is 0 Å². The highest BCUT2D eigenvalue weighted by Crippen LogP contribution is 2.17. The first kappa shape index (κ1) is 18.9. The van der Waals surface area contributed by atoms with E-state index in [1.807, 2.05) is 35.5 Å². The van der Waals surface area contributed by atoms with Crippen molar-refractivity contribution in [2.45, 2.75) is 6.54 Å². The van der Waals surface area contributed by atoms with E-state index in [-0.39, 0.29) is 5.91 Å². The second kappa shape index (κ2) is 8.72. The minimum atomic E-state index is 0.00252. The fraction of sp³-hybridized carbons (Fsp3) is 0.261. The molecular formula is C23H23N5O. The van der Waals surface area contributed by atoms with Crippen LogP contribution in [0.4, 0.5) is 0 Å². The van der Waals surface area contributed by atoms with Crippen molar-refractivity contribution in [2.24, 2.45) is 0 Å². The standard InChI is InChI=1S/C23H23N5O/c24-18-19-5-4-8-21(17-19)23(29)28-15-12-26(13-16-28)11-14-27-10-9-25-22(27)20-6-2-1-3-7-20/h1-10,17H,11-16H2. The first-order valence-corrected chi connectivity index (χ1v) is 9.83. The maximum absolute atomic E-state index is 12.7. The van der Waals surface area contributed by atoms with Crippen molar-refractivity contribution in [1.82, 2.24) is 19.4 Å². The molecule has 0 atom stereocenters. The average molecular weight is 385 g/mol. The topological polar surface area (TPSA) is 65.2 Å². The van der Waals surface area contributed by atoms with Crippen molar-refractivity contribution in [3.05, 3.63) is 78.1 Å². The molecule has 146 valence electrons. The van der Waals surface area contributed by atoms with Gasteiger partial charge >= 0.3 is 0 Å². The third kappa shape index (κ3) is 4.36. The van der Waals surface area contributed by atoms with Gasteiger partial charge < -0.3 is 9.47 Å². The average Bonchev–Trinajstić information content (AvgIpc) is 3.27. The molecule has 1 amide bonds. The molecule has 0 radical (unpaired) electrons. The number of nitriles is 1. The number of hydrogen-bond donors (Lipinski definition) is 0. The van der Waals surface area contributed by atoms with Gasteiger partial charge in [-0.3, -0.25) is 9.69 Å². The number of aromatic nitrogens is 2. The minimum Gasteiger partial charge on any atom is -0.336 e. The molecule has 0 spiro atoms. The lowest BCUT2D eigenvalue weighted by atomic mass is 10.1. The first-order chi connectivity index (χ1) is 14.2. The number of benzene rings is 2. The van der Waals surface area contributed by atoms with Crippen LogP contribution in [0.25, 0.3) is 11.4 Å². The summed E-state index contributed by atoms with van der Waals surface area (Å²) in [5, 5.41) is 9.03. The maximum Gasteiger partial charge on any atom is 0.253 e. The molecule has 6 heteroatoms. The summed E-state index contributed by atoms with van der Waals surface area (Å²) in [6.07, 6.45) is 3.86. The summed E-state index contributed by atoms with van der Waals surface area (Å²) in [5.41, 5.74) is 2.22. The van der Waals surface area contributed by atoms with Gasteiger partial charge in [0.25, 0.3) is 5.91 Å². The predicted octanol–water partition coefficient (Wildman–Crippen LogP) is 2.88. The Morgan fingerprint density at radius 2 is 1.79 bits per heavy atom. The van der Waals surface area contributed by atoms with Gasteiger partial charge in [-0.05, 0) is 18.2 Å². The maximum atomic E-state index is 12.7. The van der Waals surface area contributed by atoms with Crippen molar-refractivity contribution < 1.29 is 4.79 Å². The van der Waals surface area contributed by atoms with Gasteiger partial charge in [0.15, 0.2) is 0 Å². The van der Waals surface area contributed by atoms with Crippen LogP contribution in [-0.4, -0.2) is 58.0 Å². The first-order valence-electron chi connectivity index (χ1n) is 9.83. The highest BCUT2D eigenvalue weighted by molar-refractivity contribution is 5.94. The Balaban J connectivity index is 1.31. The fourth-order valence-electron chi connectivity index (χ4n) is 3.67. The van der Waals surface area contributed by atoms with Gasteiger partial charge in [-0.25, -0.2) is 4.98 Å². The number of carbonyl (C=O) groups is 1. The molecule has 1 saturated heterocycles. The smallest absolute Gasteiger partial charge is 0.253 e. The summed E-state index contributed by atoms with van der Waals surface area (Å²) in [7, 11) is 0. The molecule has 6 nitrogen and oxygen atoms in total. The lowest BCUT2D eigenvalue weighted by Gasteiger charge is -2.35. The number of carbonyl (C=O) groups excluding carboxylic acids is 1. The van der Waals surface area contributed by atoms with Crippen LogP contribution in [0.15, 0.2) is 67.0 Å². The Bertz CT molecular complexity index is 1010. The Hall–Kier alpha value is -3.43. The van der Waals surface area contributed by atoms with E-state index in [0.29, 0.717) is 24.2 Å². The second-order valence-corrected chi connectivity index (χ2v) is 7.14. The van der Waals surface area contributed by atoms with Gasteiger partial charge in [0.2, 0.25) is 0 Å². The van der Waals surface area contributed by atoms with Crippen LogP contribution in [0.5, 0.6) is 0 Å².